The van der Waals surface area contributed by atoms with Gasteiger partial charge in [-0.05, 0) is 31.0 Å². The zero-order valence-electron chi connectivity index (χ0n) is 14.6. The zero-order valence-corrected chi connectivity index (χ0v) is 14.6. The molecule has 1 fully saturated rings. The van der Waals surface area contributed by atoms with Gasteiger partial charge in [-0.1, -0.05) is 6.07 Å². The smallest absolute Gasteiger partial charge is 0.161 e. The van der Waals surface area contributed by atoms with Gasteiger partial charge in [0.25, 0.3) is 0 Å². The Morgan fingerprint density at radius 1 is 1.20 bits per heavy atom. The molecule has 0 amide bonds. The number of nitrogens with one attached hydrogen (secondary N) is 1. The summed E-state index contributed by atoms with van der Waals surface area (Å²) in [4.78, 5) is 0. The van der Waals surface area contributed by atoms with Crippen LogP contribution in [0.4, 0.5) is 0 Å². The summed E-state index contributed by atoms with van der Waals surface area (Å²) in [6, 6.07) is 6.15. The van der Waals surface area contributed by atoms with E-state index in [-0.39, 0.29) is 6.10 Å². The van der Waals surface area contributed by atoms with E-state index in [2.05, 4.69) is 35.7 Å². The fraction of sp³-hybridized carbons (Fsp3) is 0.526. The highest BCUT2D eigenvalue weighted by molar-refractivity contribution is 5.43. The van der Waals surface area contributed by atoms with Crippen LogP contribution in [0.1, 0.15) is 30.6 Å². The van der Waals surface area contributed by atoms with Gasteiger partial charge in [-0.25, -0.2) is 0 Å². The summed E-state index contributed by atoms with van der Waals surface area (Å²) in [6.07, 6.45) is 5.26. The molecule has 2 atom stereocenters. The lowest BCUT2D eigenvalue weighted by atomic mass is 9.97. The second-order valence-corrected chi connectivity index (χ2v) is 6.58. The standard InChI is InChI=1S/C19H25N3O3/c1-2-22-13-16(12-21-22)19-15(5-6-25-19)11-20-10-14-3-4-17-18(9-14)24-8-7-23-17/h3-4,9,12-13,15,19-20H,2,5-8,10-11H2,1H3/t15-,19+/m0/s1. The lowest BCUT2D eigenvalue weighted by molar-refractivity contribution is 0.0903. The lowest BCUT2D eigenvalue weighted by Gasteiger charge is -2.20. The number of benzene rings is 1. The molecule has 134 valence electrons. The van der Waals surface area contributed by atoms with Crippen molar-refractivity contribution in [2.24, 2.45) is 5.92 Å². The third kappa shape index (κ3) is 3.65. The minimum atomic E-state index is 0.146. The van der Waals surface area contributed by atoms with E-state index in [4.69, 9.17) is 14.2 Å². The number of hydrogen-bond acceptors (Lipinski definition) is 5. The summed E-state index contributed by atoms with van der Waals surface area (Å²) in [5.74, 6) is 2.17. The Balaban J connectivity index is 1.33. The molecule has 25 heavy (non-hydrogen) atoms. The first kappa shape index (κ1) is 16.4. The molecule has 3 heterocycles. The number of ether oxygens (including phenoxy) is 3. The highest BCUT2D eigenvalue weighted by atomic mass is 16.6. The van der Waals surface area contributed by atoms with E-state index in [1.165, 1.54) is 11.1 Å². The highest BCUT2D eigenvalue weighted by Crippen LogP contribution is 2.34. The number of aromatic nitrogens is 2. The van der Waals surface area contributed by atoms with Crippen LogP contribution in [-0.4, -0.2) is 36.1 Å². The first-order valence-electron chi connectivity index (χ1n) is 9.06. The van der Waals surface area contributed by atoms with Gasteiger partial charge in [0.05, 0.1) is 12.3 Å². The monoisotopic (exact) mass is 343 g/mol. The minimum Gasteiger partial charge on any atom is -0.486 e. The van der Waals surface area contributed by atoms with Crippen LogP contribution in [0.5, 0.6) is 11.5 Å². The molecule has 6 heteroatoms. The molecule has 1 aromatic heterocycles. The molecule has 1 N–H and O–H groups in total. The third-order valence-electron chi connectivity index (χ3n) is 4.86. The van der Waals surface area contributed by atoms with Crippen LogP contribution in [0.15, 0.2) is 30.6 Å². The summed E-state index contributed by atoms with van der Waals surface area (Å²) in [6.45, 7) is 6.79. The van der Waals surface area contributed by atoms with Crippen LogP contribution in [0, 0.1) is 5.92 Å². The molecule has 1 saturated heterocycles. The Morgan fingerprint density at radius 2 is 2.08 bits per heavy atom. The van der Waals surface area contributed by atoms with Crippen LogP contribution in [0.25, 0.3) is 0 Å². The average molecular weight is 343 g/mol. The number of rotatable bonds is 6. The van der Waals surface area contributed by atoms with Gasteiger partial charge in [-0.3, -0.25) is 4.68 Å². The molecule has 2 aliphatic heterocycles. The van der Waals surface area contributed by atoms with Crippen molar-refractivity contribution in [2.75, 3.05) is 26.4 Å². The zero-order chi connectivity index (χ0) is 17.1. The quantitative estimate of drug-likeness (QED) is 0.873. The lowest BCUT2D eigenvalue weighted by Crippen LogP contribution is -2.24. The van der Waals surface area contributed by atoms with Gasteiger partial charge in [0.15, 0.2) is 11.5 Å². The number of fused-ring (bicyclic) bond motifs is 1. The Bertz CT molecular complexity index is 716. The molecule has 0 spiro atoms. The number of aryl methyl sites for hydroxylation is 1. The first-order valence-corrected chi connectivity index (χ1v) is 9.06. The Kier molecular flexibility index (Phi) is 4.90. The van der Waals surface area contributed by atoms with Gasteiger partial charge in [0, 0.05) is 43.9 Å². The molecule has 0 saturated carbocycles. The number of nitrogens with zero attached hydrogens (tertiary/aromatic N) is 2. The largest absolute Gasteiger partial charge is 0.486 e. The van der Waals surface area contributed by atoms with E-state index in [0.29, 0.717) is 19.1 Å². The van der Waals surface area contributed by atoms with E-state index in [9.17, 15) is 0 Å². The Morgan fingerprint density at radius 3 is 2.92 bits per heavy atom. The maximum absolute atomic E-state index is 5.96. The average Bonchev–Trinajstić information content (AvgIpc) is 3.30. The molecule has 0 unspecified atom stereocenters. The van der Waals surface area contributed by atoms with Gasteiger partial charge in [-0.2, -0.15) is 5.10 Å². The van der Waals surface area contributed by atoms with E-state index in [1.807, 2.05) is 16.9 Å². The van der Waals surface area contributed by atoms with Crippen molar-refractivity contribution in [3.8, 4) is 11.5 Å². The summed E-state index contributed by atoms with van der Waals surface area (Å²) in [7, 11) is 0. The highest BCUT2D eigenvalue weighted by Gasteiger charge is 2.30. The van der Waals surface area contributed by atoms with E-state index < -0.39 is 0 Å². The van der Waals surface area contributed by atoms with Crippen LogP contribution in [0.3, 0.4) is 0 Å². The van der Waals surface area contributed by atoms with Gasteiger partial charge < -0.3 is 19.5 Å². The van der Waals surface area contributed by atoms with Crippen molar-refractivity contribution in [3.63, 3.8) is 0 Å². The summed E-state index contributed by atoms with van der Waals surface area (Å²) in [5.41, 5.74) is 2.39. The van der Waals surface area contributed by atoms with Crippen molar-refractivity contribution >= 4 is 0 Å². The SMILES string of the molecule is CCn1cc([C@@H]2OCC[C@H]2CNCc2ccc3c(c2)OCCO3)cn1. The molecule has 2 aromatic rings. The Labute approximate surface area is 148 Å². The van der Waals surface area contributed by atoms with E-state index in [0.717, 1.165) is 44.2 Å². The van der Waals surface area contributed by atoms with Gasteiger partial charge in [0.1, 0.15) is 13.2 Å². The molecule has 1 aromatic carbocycles. The minimum absolute atomic E-state index is 0.146. The van der Waals surface area contributed by atoms with Crippen LogP contribution >= 0.6 is 0 Å². The third-order valence-corrected chi connectivity index (χ3v) is 4.86. The topological polar surface area (TPSA) is 57.5 Å². The summed E-state index contributed by atoms with van der Waals surface area (Å²) in [5, 5.41) is 7.94. The predicted molar refractivity (Wildman–Crippen MR) is 93.8 cm³/mol. The second kappa shape index (κ2) is 7.45. The summed E-state index contributed by atoms with van der Waals surface area (Å²) < 4.78 is 19.1. The first-order chi connectivity index (χ1) is 12.3. The molecule has 6 nitrogen and oxygen atoms in total. The van der Waals surface area contributed by atoms with Crippen molar-refractivity contribution in [1.82, 2.24) is 15.1 Å². The van der Waals surface area contributed by atoms with Gasteiger partial charge in [-0.15, -0.1) is 0 Å². The molecular formula is C19H25N3O3. The molecule has 0 bridgehead atoms. The maximum Gasteiger partial charge on any atom is 0.161 e. The maximum atomic E-state index is 5.96. The number of hydrogen-bond donors (Lipinski definition) is 1. The second-order valence-electron chi connectivity index (χ2n) is 6.58. The van der Waals surface area contributed by atoms with E-state index in [1.54, 1.807) is 0 Å². The normalized spacial score (nSPS) is 22.3. The molecule has 0 radical (unpaired) electrons. The predicted octanol–water partition coefficient (Wildman–Crippen LogP) is 2.54. The van der Waals surface area contributed by atoms with Crippen LogP contribution < -0.4 is 14.8 Å². The molecule has 4 rings (SSSR count). The fourth-order valence-electron chi connectivity index (χ4n) is 3.51. The van der Waals surface area contributed by atoms with Crippen molar-refractivity contribution in [3.05, 3.63) is 41.7 Å². The van der Waals surface area contributed by atoms with Crippen LogP contribution in [-0.2, 0) is 17.8 Å². The summed E-state index contributed by atoms with van der Waals surface area (Å²) >= 11 is 0. The van der Waals surface area contributed by atoms with Crippen LogP contribution in [0.2, 0.25) is 0 Å². The molecule has 2 aliphatic rings. The van der Waals surface area contributed by atoms with Crippen molar-refractivity contribution in [1.29, 1.82) is 0 Å². The molecular weight excluding hydrogens is 318 g/mol. The van der Waals surface area contributed by atoms with Crippen molar-refractivity contribution < 1.29 is 14.2 Å². The van der Waals surface area contributed by atoms with Gasteiger partial charge in [0.2, 0.25) is 0 Å². The fourth-order valence-corrected chi connectivity index (χ4v) is 3.51. The Hall–Kier alpha value is -2.05. The van der Waals surface area contributed by atoms with Crippen molar-refractivity contribution in [2.45, 2.75) is 32.5 Å². The van der Waals surface area contributed by atoms with Gasteiger partial charge >= 0.3 is 0 Å². The molecule has 0 aliphatic carbocycles. The van der Waals surface area contributed by atoms with E-state index >= 15 is 0 Å².